The summed E-state index contributed by atoms with van der Waals surface area (Å²) in [6, 6.07) is 16.4. The molecule has 2 N–H and O–H groups in total. The van der Waals surface area contributed by atoms with E-state index in [9.17, 15) is 4.79 Å². The number of aromatic amines is 1. The van der Waals surface area contributed by atoms with Gasteiger partial charge in [0.05, 0.1) is 23.1 Å². The number of benzene rings is 2. The van der Waals surface area contributed by atoms with Gasteiger partial charge in [-0.15, -0.1) is 11.3 Å². The van der Waals surface area contributed by atoms with Crippen LogP contribution >= 0.6 is 11.3 Å². The summed E-state index contributed by atoms with van der Waals surface area (Å²) in [5, 5.41) is 12.9. The molecule has 0 fully saturated rings. The second kappa shape index (κ2) is 8.01. The van der Waals surface area contributed by atoms with Crippen LogP contribution in [0, 0.1) is 25.2 Å². The Labute approximate surface area is 177 Å². The maximum Gasteiger partial charge on any atom is 0.259 e. The highest BCUT2D eigenvalue weighted by Crippen LogP contribution is 2.28. The average Bonchev–Trinajstić information content (AvgIpc) is 3.04. The van der Waals surface area contributed by atoms with Crippen molar-refractivity contribution in [2.45, 2.75) is 26.8 Å². The monoisotopic (exact) mass is 416 g/mol. The van der Waals surface area contributed by atoms with E-state index < -0.39 is 0 Å². The quantitative estimate of drug-likeness (QED) is 0.452. The first-order valence-electron chi connectivity index (χ1n) is 9.49. The number of hydrogen-bond donors (Lipinski definition) is 2. The van der Waals surface area contributed by atoms with Gasteiger partial charge < -0.3 is 15.0 Å². The summed E-state index contributed by atoms with van der Waals surface area (Å²) in [5.74, 6) is 1.96. The number of rotatable bonds is 5. The van der Waals surface area contributed by atoms with Gasteiger partial charge in [0, 0.05) is 10.6 Å². The van der Waals surface area contributed by atoms with E-state index in [1.165, 1.54) is 0 Å². The standard InChI is InChI=1S/C23H20N4O2S/c1-13-15(3)30-23-20(13)22(28)26-21(27-23)14(2)25-17-6-10-19(11-7-17)29-18-8-4-16(12-24)5-9-18/h4-11,14,25H,1-3H3,(H,26,27,28). The zero-order valence-corrected chi connectivity index (χ0v) is 17.6. The van der Waals surface area contributed by atoms with Crippen molar-refractivity contribution < 1.29 is 4.74 Å². The van der Waals surface area contributed by atoms with Crippen molar-refractivity contribution in [3.05, 3.63) is 80.7 Å². The Morgan fingerprint density at radius 2 is 1.73 bits per heavy atom. The van der Waals surface area contributed by atoms with Crippen LogP contribution in [0.25, 0.3) is 10.2 Å². The Kier molecular flexibility index (Phi) is 5.25. The predicted molar refractivity (Wildman–Crippen MR) is 119 cm³/mol. The van der Waals surface area contributed by atoms with Crippen LogP contribution in [-0.2, 0) is 0 Å². The minimum atomic E-state index is -0.171. The van der Waals surface area contributed by atoms with Crippen LogP contribution in [0.2, 0.25) is 0 Å². The van der Waals surface area contributed by atoms with Crippen LogP contribution in [0.3, 0.4) is 0 Å². The summed E-state index contributed by atoms with van der Waals surface area (Å²) in [6.45, 7) is 5.91. The van der Waals surface area contributed by atoms with Gasteiger partial charge in [-0.3, -0.25) is 4.79 Å². The van der Waals surface area contributed by atoms with E-state index in [0.29, 0.717) is 28.3 Å². The van der Waals surface area contributed by atoms with Crippen molar-refractivity contribution in [2.75, 3.05) is 5.32 Å². The molecule has 0 saturated carbocycles. The van der Waals surface area contributed by atoms with E-state index in [2.05, 4.69) is 21.4 Å². The number of nitrogens with zero attached hydrogens (tertiary/aromatic N) is 2. The van der Waals surface area contributed by atoms with Crippen LogP contribution in [0.1, 0.15) is 34.8 Å². The summed E-state index contributed by atoms with van der Waals surface area (Å²) in [7, 11) is 0. The first-order chi connectivity index (χ1) is 14.4. The molecular weight excluding hydrogens is 396 g/mol. The normalized spacial score (nSPS) is 11.8. The molecular formula is C23H20N4O2S. The van der Waals surface area contributed by atoms with Gasteiger partial charge in [-0.05, 0) is 74.9 Å². The molecule has 2 aromatic heterocycles. The molecule has 2 heterocycles. The Bertz CT molecular complexity index is 1300. The second-order valence-electron chi connectivity index (χ2n) is 7.04. The van der Waals surface area contributed by atoms with E-state index >= 15 is 0 Å². The largest absolute Gasteiger partial charge is 0.457 e. The molecule has 0 aliphatic rings. The number of nitriles is 1. The van der Waals surface area contributed by atoms with Gasteiger partial charge in [0.2, 0.25) is 0 Å². The zero-order valence-electron chi connectivity index (χ0n) is 16.8. The van der Waals surface area contributed by atoms with Gasteiger partial charge in [-0.2, -0.15) is 5.26 Å². The van der Waals surface area contributed by atoms with Gasteiger partial charge in [0.25, 0.3) is 5.56 Å². The van der Waals surface area contributed by atoms with E-state index in [0.717, 1.165) is 21.0 Å². The highest BCUT2D eigenvalue weighted by Gasteiger charge is 2.15. The highest BCUT2D eigenvalue weighted by molar-refractivity contribution is 7.18. The fourth-order valence-corrected chi connectivity index (χ4v) is 4.18. The minimum absolute atomic E-state index is 0.100. The van der Waals surface area contributed by atoms with Gasteiger partial charge in [0.15, 0.2) is 0 Å². The van der Waals surface area contributed by atoms with Gasteiger partial charge >= 0.3 is 0 Å². The lowest BCUT2D eigenvalue weighted by atomic mass is 10.2. The van der Waals surface area contributed by atoms with Gasteiger partial charge in [-0.1, -0.05) is 0 Å². The third kappa shape index (κ3) is 3.91. The summed E-state index contributed by atoms with van der Waals surface area (Å²) in [6.07, 6.45) is 0. The lowest BCUT2D eigenvalue weighted by Crippen LogP contribution is -2.17. The van der Waals surface area contributed by atoms with Crippen LogP contribution in [0.5, 0.6) is 11.5 Å². The molecule has 6 nitrogen and oxygen atoms in total. The lowest BCUT2D eigenvalue weighted by molar-refractivity contribution is 0.482. The van der Waals surface area contributed by atoms with Gasteiger partial charge in [-0.25, -0.2) is 4.98 Å². The van der Waals surface area contributed by atoms with E-state index in [1.54, 1.807) is 35.6 Å². The van der Waals surface area contributed by atoms with Crippen molar-refractivity contribution in [1.29, 1.82) is 5.26 Å². The minimum Gasteiger partial charge on any atom is -0.457 e. The lowest BCUT2D eigenvalue weighted by Gasteiger charge is -2.15. The number of aryl methyl sites for hydroxylation is 2. The first-order valence-corrected chi connectivity index (χ1v) is 10.3. The number of ether oxygens (including phenoxy) is 1. The van der Waals surface area contributed by atoms with Crippen LogP contribution in [0.15, 0.2) is 53.3 Å². The van der Waals surface area contributed by atoms with Crippen molar-refractivity contribution in [3.63, 3.8) is 0 Å². The Morgan fingerprint density at radius 3 is 2.37 bits per heavy atom. The first kappa shape index (κ1) is 19.7. The molecule has 0 bridgehead atoms. The average molecular weight is 417 g/mol. The van der Waals surface area contributed by atoms with E-state index in [-0.39, 0.29) is 11.6 Å². The van der Waals surface area contributed by atoms with Crippen molar-refractivity contribution in [1.82, 2.24) is 9.97 Å². The topological polar surface area (TPSA) is 90.8 Å². The van der Waals surface area contributed by atoms with Crippen molar-refractivity contribution in [3.8, 4) is 17.6 Å². The molecule has 30 heavy (non-hydrogen) atoms. The zero-order chi connectivity index (χ0) is 21.3. The SMILES string of the molecule is Cc1sc2nc(C(C)Nc3ccc(Oc4ccc(C#N)cc4)cc3)[nH]c(=O)c2c1C. The molecule has 0 spiro atoms. The summed E-state index contributed by atoms with van der Waals surface area (Å²) >= 11 is 1.54. The molecule has 0 aliphatic heterocycles. The third-order valence-corrected chi connectivity index (χ3v) is 6.03. The summed E-state index contributed by atoms with van der Waals surface area (Å²) < 4.78 is 5.80. The van der Waals surface area contributed by atoms with Crippen molar-refractivity contribution >= 4 is 27.2 Å². The van der Waals surface area contributed by atoms with E-state index in [4.69, 9.17) is 10.00 Å². The van der Waals surface area contributed by atoms with E-state index in [1.807, 2.05) is 45.0 Å². The molecule has 0 saturated heterocycles. The number of fused-ring (bicyclic) bond motifs is 1. The molecule has 2 aromatic carbocycles. The molecule has 4 rings (SSSR count). The molecule has 150 valence electrons. The smallest absolute Gasteiger partial charge is 0.259 e. The van der Waals surface area contributed by atoms with Gasteiger partial charge in [0.1, 0.15) is 22.2 Å². The van der Waals surface area contributed by atoms with Crippen molar-refractivity contribution in [2.24, 2.45) is 0 Å². The second-order valence-corrected chi connectivity index (χ2v) is 8.25. The number of H-pyrrole nitrogens is 1. The number of nitrogens with one attached hydrogen (secondary N) is 2. The molecule has 1 unspecified atom stereocenters. The fraction of sp³-hybridized carbons (Fsp3) is 0.174. The van der Waals surface area contributed by atoms with Crippen LogP contribution in [0.4, 0.5) is 5.69 Å². The Hall–Kier alpha value is -3.63. The summed E-state index contributed by atoms with van der Waals surface area (Å²) in [4.78, 5) is 21.9. The number of hydrogen-bond acceptors (Lipinski definition) is 6. The third-order valence-electron chi connectivity index (χ3n) is 4.92. The number of thiophene rings is 1. The fourth-order valence-electron chi connectivity index (χ4n) is 3.15. The molecule has 0 aliphatic carbocycles. The highest BCUT2D eigenvalue weighted by atomic mass is 32.1. The maximum atomic E-state index is 12.5. The molecule has 0 radical (unpaired) electrons. The van der Waals surface area contributed by atoms with Crippen LogP contribution < -0.4 is 15.6 Å². The molecule has 7 heteroatoms. The molecule has 1 atom stereocenters. The predicted octanol–water partition coefficient (Wildman–Crippen LogP) is 5.44. The Balaban J connectivity index is 1.48. The van der Waals surface area contributed by atoms with Crippen LogP contribution in [-0.4, -0.2) is 9.97 Å². The molecule has 4 aromatic rings. The molecule has 0 amide bonds. The Morgan fingerprint density at radius 1 is 1.10 bits per heavy atom. The number of aromatic nitrogens is 2. The maximum absolute atomic E-state index is 12.5. The number of anilines is 1. The summed E-state index contributed by atoms with van der Waals surface area (Å²) in [5.41, 5.74) is 2.37.